The number of methoxy groups -OCH3 is 2. The molecular formula is C35H31N5O7S. The van der Waals surface area contributed by atoms with Crippen LogP contribution in [-0.2, 0) is 9.53 Å². The molecule has 48 heavy (non-hydrogen) atoms. The van der Waals surface area contributed by atoms with Gasteiger partial charge < -0.3 is 14.2 Å². The fraction of sp³-hybridized carbons (Fsp3) is 0.200. The number of rotatable bonds is 9. The molecule has 0 amide bonds. The largest absolute Gasteiger partial charge is 0.497 e. The minimum Gasteiger partial charge on any atom is -0.497 e. The topological polar surface area (TPSA) is 140 Å². The molecule has 0 aliphatic carbocycles. The molecule has 0 spiro atoms. The first kappa shape index (κ1) is 32.1. The van der Waals surface area contributed by atoms with Crippen LogP contribution in [0.15, 0.2) is 100 Å². The molecule has 3 aromatic carbocycles. The van der Waals surface area contributed by atoms with Crippen molar-refractivity contribution in [3.8, 4) is 28.4 Å². The third-order valence-corrected chi connectivity index (χ3v) is 8.70. The van der Waals surface area contributed by atoms with E-state index >= 15 is 0 Å². The maximum absolute atomic E-state index is 14.3. The lowest BCUT2D eigenvalue weighted by Crippen LogP contribution is -2.40. The van der Waals surface area contributed by atoms with Crippen LogP contribution in [0.4, 0.5) is 5.69 Å². The summed E-state index contributed by atoms with van der Waals surface area (Å²) in [5, 5.41) is 16.6. The van der Waals surface area contributed by atoms with Crippen LogP contribution in [0.25, 0.3) is 23.0 Å². The number of para-hydroxylation sites is 1. The molecule has 6 rings (SSSR count). The van der Waals surface area contributed by atoms with Crippen molar-refractivity contribution in [1.82, 2.24) is 14.3 Å². The molecule has 3 heterocycles. The van der Waals surface area contributed by atoms with Crippen molar-refractivity contribution in [2.45, 2.75) is 32.9 Å². The molecule has 2 aromatic heterocycles. The Morgan fingerprint density at radius 2 is 1.77 bits per heavy atom. The van der Waals surface area contributed by atoms with Crippen molar-refractivity contribution < 1.29 is 23.9 Å². The number of allylic oxidation sites excluding steroid dienone is 1. The molecule has 1 unspecified atom stereocenters. The molecule has 1 aliphatic heterocycles. The van der Waals surface area contributed by atoms with Gasteiger partial charge in [0.1, 0.15) is 11.4 Å². The fourth-order valence-electron chi connectivity index (χ4n) is 5.51. The number of aromatic nitrogens is 3. The zero-order valence-corrected chi connectivity index (χ0v) is 27.6. The number of ether oxygens (including phenoxy) is 3. The molecule has 0 fully saturated rings. The highest BCUT2D eigenvalue weighted by Gasteiger charge is 2.34. The van der Waals surface area contributed by atoms with Crippen LogP contribution in [0, 0.1) is 10.1 Å². The van der Waals surface area contributed by atoms with Gasteiger partial charge in [0.2, 0.25) is 0 Å². The SMILES string of the molecule is COc1ccc(C2C(C(=O)OC(C)C)=C(C)N=c3s/c(=C/c4cn(-c5ccccc5)nc4-c4ccc(OC)c([N+](=O)[O-])c4)c(=O)n32)cc1. The number of nitrogens with zero attached hydrogens (tertiary/aromatic N) is 5. The van der Waals surface area contributed by atoms with Crippen LogP contribution in [0.2, 0.25) is 0 Å². The highest BCUT2D eigenvalue weighted by molar-refractivity contribution is 7.07. The summed E-state index contributed by atoms with van der Waals surface area (Å²) < 4.78 is 19.6. The number of benzene rings is 3. The van der Waals surface area contributed by atoms with E-state index in [-0.39, 0.29) is 28.7 Å². The van der Waals surface area contributed by atoms with Gasteiger partial charge in [-0.05, 0) is 68.8 Å². The standard InChI is InChI=1S/C35H31N5O7S/c1-20(2)47-34(42)30-21(3)36-35-39(32(30)22-11-14-26(45-4)15-12-22)33(41)29(48-35)18-24-19-38(25-9-7-6-8-10-25)37-31(24)23-13-16-28(46-5)27(17-23)40(43)44/h6-20,32H,1-5H3/b29-18+. The van der Waals surface area contributed by atoms with Gasteiger partial charge in [-0.2, -0.15) is 5.10 Å². The second kappa shape index (κ2) is 13.1. The molecule has 0 radical (unpaired) electrons. The van der Waals surface area contributed by atoms with Crippen LogP contribution >= 0.6 is 11.3 Å². The lowest BCUT2D eigenvalue weighted by atomic mass is 9.96. The smallest absolute Gasteiger partial charge is 0.338 e. The zero-order chi connectivity index (χ0) is 34.1. The van der Waals surface area contributed by atoms with E-state index in [0.29, 0.717) is 43.2 Å². The lowest BCUT2D eigenvalue weighted by molar-refractivity contribution is -0.385. The molecule has 0 N–H and O–H groups in total. The number of esters is 1. The first-order valence-electron chi connectivity index (χ1n) is 14.9. The predicted molar refractivity (Wildman–Crippen MR) is 180 cm³/mol. The zero-order valence-electron chi connectivity index (χ0n) is 26.7. The second-order valence-electron chi connectivity index (χ2n) is 11.2. The Kier molecular flexibility index (Phi) is 8.78. The second-order valence-corrected chi connectivity index (χ2v) is 12.2. The Hall–Kier alpha value is -5.82. The Balaban J connectivity index is 1.56. The summed E-state index contributed by atoms with van der Waals surface area (Å²) >= 11 is 1.17. The van der Waals surface area contributed by atoms with Gasteiger partial charge in [-0.15, -0.1) is 0 Å². The number of nitro benzene ring substituents is 1. The number of hydrogen-bond donors (Lipinski definition) is 0. The van der Waals surface area contributed by atoms with E-state index < -0.39 is 16.9 Å². The molecule has 13 heteroatoms. The van der Waals surface area contributed by atoms with E-state index in [2.05, 4.69) is 4.99 Å². The predicted octanol–water partition coefficient (Wildman–Crippen LogP) is 4.96. The van der Waals surface area contributed by atoms with E-state index in [1.165, 1.54) is 35.1 Å². The van der Waals surface area contributed by atoms with Crippen LogP contribution in [0.5, 0.6) is 11.5 Å². The molecule has 1 atom stereocenters. The van der Waals surface area contributed by atoms with Gasteiger partial charge >= 0.3 is 11.7 Å². The van der Waals surface area contributed by atoms with Crippen molar-refractivity contribution in [1.29, 1.82) is 0 Å². The molecule has 1 aliphatic rings. The molecule has 5 aromatic rings. The molecule has 0 saturated heterocycles. The van der Waals surface area contributed by atoms with Gasteiger partial charge in [0.05, 0.1) is 52.8 Å². The van der Waals surface area contributed by atoms with Gasteiger partial charge in [0, 0.05) is 23.4 Å². The number of carbonyl (C=O) groups excluding carboxylic acids is 1. The normalized spacial score (nSPS) is 14.5. The number of fused-ring (bicyclic) bond motifs is 1. The maximum Gasteiger partial charge on any atom is 0.338 e. The van der Waals surface area contributed by atoms with E-state index in [4.69, 9.17) is 19.3 Å². The van der Waals surface area contributed by atoms with Crippen LogP contribution in [-0.4, -0.2) is 45.6 Å². The molecule has 0 bridgehead atoms. The Morgan fingerprint density at radius 1 is 1.04 bits per heavy atom. The minimum absolute atomic E-state index is 0.113. The monoisotopic (exact) mass is 665 g/mol. The van der Waals surface area contributed by atoms with Gasteiger partial charge in [-0.3, -0.25) is 19.5 Å². The quantitative estimate of drug-likeness (QED) is 0.122. The molecule has 0 saturated carbocycles. The lowest BCUT2D eigenvalue weighted by Gasteiger charge is -2.25. The summed E-state index contributed by atoms with van der Waals surface area (Å²) in [7, 11) is 2.93. The van der Waals surface area contributed by atoms with Crippen LogP contribution < -0.4 is 24.4 Å². The van der Waals surface area contributed by atoms with Gasteiger partial charge in [0.25, 0.3) is 5.56 Å². The van der Waals surface area contributed by atoms with Crippen molar-refractivity contribution in [3.05, 3.63) is 131 Å². The highest BCUT2D eigenvalue weighted by Crippen LogP contribution is 2.34. The van der Waals surface area contributed by atoms with Crippen molar-refractivity contribution in [2.75, 3.05) is 14.2 Å². The van der Waals surface area contributed by atoms with E-state index in [1.54, 1.807) is 75.2 Å². The number of hydrogen-bond acceptors (Lipinski definition) is 10. The van der Waals surface area contributed by atoms with Gasteiger partial charge in [-0.25, -0.2) is 14.5 Å². The van der Waals surface area contributed by atoms with Crippen molar-refractivity contribution in [3.63, 3.8) is 0 Å². The minimum atomic E-state index is -0.809. The van der Waals surface area contributed by atoms with E-state index in [0.717, 1.165) is 5.69 Å². The summed E-state index contributed by atoms with van der Waals surface area (Å²) in [5.41, 5.74) is 2.96. The average molecular weight is 666 g/mol. The third-order valence-electron chi connectivity index (χ3n) is 7.71. The van der Waals surface area contributed by atoms with Crippen molar-refractivity contribution >= 4 is 29.1 Å². The number of nitro groups is 1. The average Bonchev–Trinajstić information content (AvgIpc) is 3.64. The summed E-state index contributed by atoms with van der Waals surface area (Å²) in [6, 6.07) is 20.3. The molecular weight excluding hydrogens is 634 g/mol. The van der Waals surface area contributed by atoms with Crippen LogP contribution in [0.3, 0.4) is 0 Å². The Bertz CT molecular complexity index is 2250. The Morgan fingerprint density at radius 3 is 2.42 bits per heavy atom. The fourth-order valence-corrected chi connectivity index (χ4v) is 6.55. The number of carbonyl (C=O) groups is 1. The van der Waals surface area contributed by atoms with Crippen LogP contribution in [0.1, 0.15) is 37.9 Å². The third kappa shape index (κ3) is 6.02. The van der Waals surface area contributed by atoms with E-state index in [1.807, 2.05) is 30.3 Å². The van der Waals surface area contributed by atoms with Crippen molar-refractivity contribution in [2.24, 2.45) is 4.99 Å². The first-order chi connectivity index (χ1) is 23.1. The number of thiazole rings is 1. The summed E-state index contributed by atoms with van der Waals surface area (Å²) in [6.07, 6.45) is 3.07. The molecule has 244 valence electrons. The molecule has 12 nitrogen and oxygen atoms in total. The summed E-state index contributed by atoms with van der Waals surface area (Å²) in [4.78, 5) is 44.2. The van der Waals surface area contributed by atoms with Gasteiger partial charge in [0.15, 0.2) is 10.6 Å². The summed E-state index contributed by atoms with van der Waals surface area (Å²) in [5.74, 6) is 0.176. The van der Waals surface area contributed by atoms with Gasteiger partial charge in [-0.1, -0.05) is 41.7 Å². The highest BCUT2D eigenvalue weighted by atomic mass is 32.1. The Labute approximate surface area is 278 Å². The first-order valence-corrected chi connectivity index (χ1v) is 15.8. The summed E-state index contributed by atoms with van der Waals surface area (Å²) in [6.45, 7) is 5.25. The maximum atomic E-state index is 14.3. The van der Waals surface area contributed by atoms with E-state index in [9.17, 15) is 19.7 Å².